The molecule has 0 aliphatic rings. The van der Waals surface area contributed by atoms with E-state index in [4.69, 9.17) is 4.74 Å². The monoisotopic (exact) mass is 157 g/mol. The summed E-state index contributed by atoms with van der Waals surface area (Å²) < 4.78 is 5.17. The minimum absolute atomic E-state index is 0.286. The molecule has 0 aromatic rings. The van der Waals surface area contributed by atoms with Crippen LogP contribution in [0.1, 0.15) is 20.3 Å². The summed E-state index contributed by atoms with van der Waals surface area (Å²) in [5.74, 6) is 0. The van der Waals surface area contributed by atoms with Crippen molar-refractivity contribution in [2.75, 3.05) is 20.2 Å². The van der Waals surface area contributed by atoms with E-state index in [-0.39, 0.29) is 6.10 Å². The topological polar surface area (TPSA) is 21.3 Å². The lowest BCUT2D eigenvalue weighted by Gasteiger charge is -2.06. The predicted octanol–water partition coefficient (Wildman–Crippen LogP) is 1.58. The second kappa shape index (κ2) is 7.76. The number of likely N-dealkylation sites (N-methyl/N-ethyl adjacent to an activating group) is 1. The molecule has 0 heterocycles. The summed E-state index contributed by atoms with van der Waals surface area (Å²) in [5.41, 5.74) is 0. The van der Waals surface area contributed by atoms with Crippen LogP contribution in [0.3, 0.4) is 0 Å². The minimum atomic E-state index is 0.286. The van der Waals surface area contributed by atoms with Crippen LogP contribution in [-0.4, -0.2) is 26.3 Å². The Kier molecular flexibility index (Phi) is 7.52. The number of rotatable bonds is 6. The predicted molar refractivity (Wildman–Crippen MR) is 48.8 cm³/mol. The quantitative estimate of drug-likeness (QED) is 0.467. The maximum Gasteiger partial charge on any atom is 0.0749 e. The highest BCUT2D eigenvalue weighted by molar-refractivity contribution is 4.90. The van der Waals surface area contributed by atoms with Gasteiger partial charge in [-0.3, -0.25) is 0 Å². The lowest BCUT2D eigenvalue weighted by molar-refractivity contribution is 0.138. The van der Waals surface area contributed by atoms with E-state index < -0.39 is 0 Å². The molecule has 0 bridgehead atoms. The van der Waals surface area contributed by atoms with E-state index in [1.54, 1.807) is 7.11 Å². The summed E-state index contributed by atoms with van der Waals surface area (Å²) in [6.07, 6.45) is 5.54. The molecule has 0 fully saturated rings. The molecule has 0 saturated heterocycles. The zero-order valence-electron chi connectivity index (χ0n) is 7.76. The van der Waals surface area contributed by atoms with Crippen LogP contribution in [0.5, 0.6) is 0 Å². The molecule has 0 aromatic heterocycles. The third kappa shape index (κ3) is 6.07. The summed E-state index contributed by atoms with van der Waals surface area (Å²) in [7, 11) is 1.74. The Hall–Kier alpha value is -0.340. The second-order valence-electron chi connectivity index (χ2n) is 2.42. The molecule has 2 heteroatoms. The first kappa shape index (κ1) is 10.7. The van der Waals surface area contributed by atoms with Crippen LogP contribution in [0.4, 0.5) is 0 Å². The van der Waals surface area contributed by atoms with Crippen molar-refractivity contribution in [2.24, 2.45) is 0 Å². The van der Waals surface area contributed by atoms with E-state index in [0.717, 1.165) is 19.5 Å². The van der Waals surface area contributed by atoms with Crippen molar-refractivity contribution in [1.82, 2.24) is 5.32 Å². The van der Waals surface area contributed by atoms with Crippen LogP contribution in [0.25, 0.3) is 0 Å². The molecule has 11 heavy (non-hydrogen) atoms. The maximum absolute atomic E-state index is 5.17. The van der Waals surface area contributed by atoms with E-state index in [0.29, 0.717) is 0 Å². The summed E-state index contributed by atoms with van der Waals surface area (Å²) in [4.78, 5) is 0. The molecule has 0 unspecified atom stereocenters. The van der Waals surface area contributed by atoms with Crippen LogP contribution in [0, 0.1) is 0 Å². The minimum Gasteiger partial charge on any atom is -0.377 e. The first-order valence-corrected chi connectivity index (χ1v) is 4.25. The van der Waals surface area contributed by atoms with Gasteiger partial charge in [-0.2, -0.15) is 0 Å². The smallest absolute Gasteiger partial charge is 0.0749 e. The fraction of sp³-hybridized carbons (Fsp3) is 0.778. The highest BCUT2D eigenvalue weighted by Crippen LogP contribution is 1.96. The van der Waals surface area contributed by atoms with Crippen LogP contribution in [-0.2, 0) is 4.74 Å². The molecule has 66 valence electrons. The first-order valence-electron chi connectivity index (χ1n) is 4.25. The van der Waals surface area contributed by atoms with Crippen molar-refractivity contribution in [3.8, 4) is 0 Å². The van der Waals surface area contributed by atoms with E-state index in [9.17, 15) is 0 Å². The Morgan fingerprint density at radius 2 is 2.18 bits per heavy atom. The summed E-state index contributed by atoms with van der Waals surface area (Å²) in [6.45, 7) is 6.18. The van der Waals surface area contributed by atoms with E-state index in [1.165, 1.54) is 0 Å². The van der Waals surface area contributed by atoms with Gasteiger partial charge in [0.25, 0.3) is 0 Å². The molecule has 1 N–H and O–H groups in total. The van der Waals surface area contributed by atoms with Gasteiger partial charge in [-0.15, -0.1) is 0 Å². The Morgan fingerprint density at radius 1 is 1.45 bits per heavy atom. The fourth-order valence-corrected chi connectivity index (χ4v) is 0.829. The van der Waals surface area contributed by atoms with Crippen LogP contribution < -0.4 is 5.32 Å². The Balaban J connectivity index is 3.36. The Bertz CT molecular complexity index is 97.7. The van der Waals surface area contributed by atoms with Gasteiger partial charge in [-0.05, 0) is 13.0 Å². The number of hydrogen-bond donors (Lipinski definition) is 1. The zero-order chi connectivity index (χ0) is 8.53. The Labute approximate surface area is 69.6 Å². The normalized spacial score (nSPS) is 14.1. The van der Waals surface area contributed by atoms with Crippen LogP contribution in [0.2, 0.25) is 0 Å². The number of nitrogens with one attached hydrogen (secondary N) is 1. The number of ether oxygens (including phenoxy) is 1. The lowest BCUT2D eigenvalue weighted by Crippen LogP contribution is -2.13. The van der Waals surface area contributed by atoms with Crippen LogP contribution in [0.15, 0.2) is 12.2 Å². The molecule has 0 aliphatic heterocycles. The van der Waals surface area contributed by atoms with Crippen LogP contribution >= 0.6 is 0 Å². The van der Waals surface area contributed by atoms with Gasteiger partial charge in [-0.25, -0.2) is 0 Å². The molecule has 0 aromatic carbocycles. The molecule has 0 spiro atoms. The van der Waals surface area contributed by atoms with Crippen molar-refractivity contribution in [3.05, 3.63) is 12.2 Å². The van der Waals surface area contributed by atoms with Gasteiger partial charge in [0.1, 0.15) is 0 Å². The van der Waals surface area contributed by atoms with E-state index in [1.807, 2.05) is 0 Å². The molecule has 0 saturated carbocycles. The summed E-state index contributed by atoms with van der Waals surface area (Å²) in [6, 6.07) is 0. The first-order chi connectivity index (χ1) is 5.35. The van der Waals surface area contributed by atoms with Gasteiger partial charge in [0.15, 0.2) is 0 Å². The lowest BCUT2D eigenvalue weighted by atomic mass is 10.2. The van der Waals surface area contributed by atoms with Gasteiger partial charge in [-0.1, -0.05) is 26.0 Å². The standard InChI is InChI=1S/C9H19NO/c1-4-9(11-3)7-6-8-10-5-2/h6-7,9-10H,4-5,8H2,1-3H3/b7-6-/t9-/m1/s1. The fourth-order valence-electron chi connectivity index (χ4n) is 0.829. The maximum atomic E-state index is 5.17. The van der Waals surface area contributed by atoms with Gasteiger partial charge in [0.2, 0.25) is 0 Å². The summed E-state index contributed by atoms with van der Waals surface area (Å²) in [5, 5.41) is 3.21. The highest BCUT2D eigenvalue weighted by atomic mass is 16.5. The van der Waals surface area contributed by atoms with Crippen molar-refractivity contribution >= 4 is 0 Å². The SMILES string of the molecule is CCNC/C=C\[C@@H](CC)OC. The van der Waals surface area contributed by atoms with Crippen molar-refractivity contribution < 1.29 is 4.74 Å². The highest BCUT2D eigenvalue weighted by Gasteiger charge is 1.95. The third-order valence-corrected chi connectivity index (χ3v) is 1.57. The molecule has 0 radical (unpaired) electrons. The molecule has 2 nitrogen and oxygen atoms in total. The third-order valence-electron chi connectivity index (χ3n) is 1.57. The Morgan fingerprint density at radius 3 is 2.64 bits per heavy atom. The zero-order valence-corrected chi connectivity index (χ0v) is 7.76. The van der Waals surface area contributed by atoms with Gasteiger partial charge < -0.3 is 10.1 Å². The molecule has 1 atom stereocenters. The van der Waals surface area contributed by atoms with E-state index in [2.05, 4.69) is 31.3 Å². The molecular weight excluding hydrogens is 138 g/mol. The second-order valence-corrected chi connectivity index (χ2v) is 2.42. The van der Waals surface area contributed by atoms with Crippen molar-refractivity contribution in [3.63, 3.8) is 0 Å². The molecular formula is C9H19NO. The molecule has 0 rings (SSSR count). The largest absolute Gasteiger partial charge is 0.377 e. The molecule has 0 amide bonds. The van der Waals surface area contributed by atoms with Crippen molar-refractivity contribution in [1.29, 1.82) is 0 Å². The van der Waals surface area contributed by atoms with E-state index >= 15 is 0 Å². The van der Waals surface area contributed by atoms with Crippen molar-refractivity contribution in [2.45, 2.75) is 26.4 Å². The summed E-state index contributed by atoms with van der Waals surface area (Å²) >= 11 is 0. The molecule has 0 aliphatic carbocycles. The average Bonchev–Trinajstić information content (AvgIpc) is 2.05. The number of methoxy groups -OCH3 is 1. The number of hydrogen-bond acceptors (Lipinski definition) is 2. The van der Waals surface area contributed by atoms with Gasteiger partial charge in [0, 0.05) is 13.7 Å². The van der Waals surface area contributed by atoms with Gasteiger partial charge in [0.05, 0.1) is 6.10 Å². The average molecular weight is 157 g/mol. The van der Waals surface area contributed by atoms with Gasteiger partial charge >= 0.3 is 0 Å².